The standard InChI is InChI=1S/C10H12N2O/c1-7-8(5-11)3-2-4-9(7)10(12)6-13/h2-4,10,13H,6,12H2,1H3. The highest BCUT2D eigenvalue weighted by Crippen LogP contribution is 2.18. The van der Waals surface area contributed by atoms with Crippen LogP contribution in [0.1, 0.15) is 22.7 Å². The first kappa shape index (κ1) is 9.72. The van der Waals surface area contributed by atoms with Crippen LogP contribution in [0.15, 0.2) is 18.2 Å². The maximum atomic E-state index is 8.87. The number of aliphatic hydroxyl groups excluding tert-OH is 1. The van der Waals surface area contributed by atoms with Crippen LogP contribution in [-0.4, -0.2) is 11.7 Å². The van der Waals surface area contributed by atoms with Crippen LogP contribution in [0, 0.1) is 18.3 Å². The van der Waals surface area contributed by atoms with Gasteiger partial charge in [-0.1, -0.05) is 12.1 Å². The summed E-state index contributed by atoms with van der Waals surface area (Å²) in [5.74, 6) is 0. The van der Waals surface area contributed by atoms with E-state index in [4.69, 9.17) is 16.1 Å². The first-order chi connectivity index (χ1) is 6.20. The summed E-state index contributed by atoms with van der Waals surface area (Å²) in [6, 6.07) is 7.03. The number of aliphatic hydroxyl groups is 1. The molecule has 68 valence electrons. The van der Waals surface area contributed by atoms with Gasteiger partial charge in [0.05, 0.1) is 24.3 Å². The van der Waals surface area contributed by atoms with E-state index in [0.717, 1.165) is 11.1 Å². The number of hydrogen-bond donors (Lipinski definition) is 2. The lowest BCUT2D eigenvalue weighted by atomic mass is 9.98. The molecule has 1 atom stereocenters. The smallest absolute Gasteiger partial charge is 0.0994 e. The predicted molar refractivity (Wildman–Crippen MR) is 49.9 cm³/mol. The van der Waals surface area contributed by atoms with Gasteiger partial charge in [0.2, 0.25) is 0 Å². The van der Waals surface area contributed by atoms with Crippen LogP contribution in [0.25, 0.3) is 0 Å². The van der Waals surface area contributed by atoms with E-state index in [0.29, 0.717) is 5.56 Å². The van der Waals surface area contributed by atoms with E-state index in [1.165, 1.54) is 0 Å². The van der Waals surface area contributed by atoms with Crippen LogP contribution < -0.4 is 5.73 Å². The minimum atomic E-state index is -0.395. The molecular weight excluding hydrogens is 164 g/mol. The van der Waals surface area contributed by atoms with Crippen LogP contribution in [0.2, 0.25) is 0 Å². The van der Waals surface area contributed by atoms with Crippen LogP contribution >= 0.6 is 0 Å². The monoisotopic (exact) mass is 176 g/mol. The van der Waals surface area contributed by atoms with Gasteiger partial charge in [0.15, 0.2) is 0 Å². The highest BCUT2D eigenvalue weighted by atomic mass is 16.3. The van der Waals surface area contributed by atoms with Crippen LogP contribution in [0.4, 0.5) is 0 Å². The van der Waals surface area contributed by atoms with Gasteiger partial charge in [-0.05, 0) is 24.1 Å². The maximum absolute atomic E-state index is 8.87. The van der Waals surface area contributed by atoms with Crippen molar-refractivity contribution in [1.29, 1.82) is 5.26 Å². The molecule has 0 aromatic heterocycles. The molecule has 0 saturated heterocycles. The molecule has 0 aliphatic rings. The quantitative estimate of drug-likeness (QED) is 0.702. The number of nitrogens with zero attached hydrogens (tertiary/aromatic N) is 1. The van der Waals surface area contributed by atoms with E-state index in [1.54, 1.807) is 12.1 Å². The second-order valence-electron chi connectivity index (χ2n) is 2.92. The Balaban J connectivity index is 3.17. The Morgan fingerprint density at radius 3 is 2.85 bits per heavy atom. The van der Waals surface area contributed by atoms with Crippen LogP contribution in [-0.2, 0) is 0 Å². The van der Waals surface area contributed by atoms with Gasteiger partial charge in [0.25, 0.3) is 0 Å². The van der Waals surface area contributed by atoms with E-state index >= 15 is 0 Å². The van der Waals surface area contributed by atoms with Crippen molar-refractivity contribution in [3.63, 3.8) is 0 Å². The highest BCUT2D eigenvalue weighted by molar-refractivity contribution is 5.43. The fourth-order valence-electron chi connectivity index (χ4n) is 1.27. The molecule has 1 aromatic rings. The van der Waals surface area contributed by atoms with Crippen molar-refractivity contribution >= 4 is 0 Å². The van der Waals surface area contributed by atoms with Gasteiger partial charge in [-0.25, -0.2) is 0 Å². The molecule has 1 rings (SSSR count). The Kier molecular flexibility index (Phi) is 3.02. The molecule has 0 spiro atoms. The molecule has 3 nitrogen and oxygen atoms in total. The molecule has 13 heavy (non-hydrogen) atoms. The summed E-state index contributed by atoms with van der Waals surface area (Å²) in [6.45, 7) is 1.74. The number of nitriles is 1. The van der Waals surface area contributed by atoms with Crippen molar-refractivity contribution < 1.29 is 5.11 Å². The largest absolute Gasteiger partial charge is 0.394 e. The summed E-state index contributed by atoms with van der Waals surface area (Å²) >= 11 is 0. The molecule has 0 fully saturated rings. The van der Waals surface area contributed by atoms with Crippen molar-refractivity contribution in [2.45, 2.75) is 13.0 Å². The fourth-order valence-corrected chi connectivity index (χ4v) is 1.27. The SMILES string of the molecule is Cc1c(C#N)cccc1C(N)CO. The molecule has 0 amide bonds. The summed E-state index contributed by atoms with van der Waals surface area (Å²) in [5, 5.41) is 17.6. The molecule has 3 N–H and O–H groups in total. The van der Waals surface area contributed by atoms with Crippen molar-refractivity contribution in [2.75, 3.05) is 6.61 Å². The van der Waals surface area contributed by atoms with E-state index in [2.05, 4.69) is 6.07 Å². The third kappa shape index (κ3) is 1.86. The average molecular weight is 176 g/mol. The molecule has 1 aromatic carbocycles. The van der Waals surface area contributed by atoms with E-state index in [1.807, 2.05) is 13.0 Å². The van der Waals surface area contributed by atoms with Crippen molar-refractivity contribution in [3.05, 3.63) is 34.9 Å². The molecule has 0 radical (unpaired) electrons. The number of nitrogens with two attached hydrogens (primary N) is 1. The molecule has 3 heteroatoms. The van der Waals surface area contributed by atoms with Gasteiger partial charge in [0, 0.05) is 0 Å². The van der Waals surface area contributed by atoms with Gasteiger partial charge in [-0.15, -0.1) is 0 Å². The van der Waals surface area contributed by atoms with Gasteiger partial charge >= 0.3 is 0 Å². The van der Waals surface area contributed by atoms with Gasteiger partial charge < -0.3 is 10.8 Å². The summed E-state index contributed by atoms with van der Waals surface area (Å²) in [6.07, 6.45) is 0. The van der Waals surface area contributed by atoms with Crippen molar-refractivity contribution in [3.8, 4) is 6.07 Å². The average Bonchev–Trinajstić information content (AvgIpc) is 2.17. The molecule has 0 saturated carbocycles. The lowest BCUT2D eigenvalue weighted by Crippen LogP contribution is -2.16. The summed E-state index contributed by atoms with van der Waals surface area (Å²) in [7, 11) is 0. The Labute approximate surface area is 77.4 Å². The zero-order valence-electron chi connectivity index (χ0n) is 7.49. The second-order valence-corrected chi connectivity index (χ2v) is 2.92. The topological polar surface area (TPSA) is 70.0 Å². The Hall–Kier alpha value is -1.37. The summed E-state index contributed by atoms with van der Waals surface area (Å²) in [5.41, 5.74) is 7.96. The maximum Gasteiger partial charge on any atom is 0.0994 e. The zero-order chi connectivity index (χ0) is 9.84. The van der Waals surface area contributed by atoms with Gasteiger partial charge in [-0.2, -0.15) is 5.26 Å². The number of benzene rings is 1. The minimum absolute atomic E-state index is 0.101. The molecule has 1 unspecified atom stereocenters. The normalized spacial score (nSPS) is 12.2. The van der Waals surface area contributed by atoms with Crippen LogP contribution in [0.5, 0.6) is 0 Å². The third-order valence-corrected chi connectivity index (χ3v) is 2.09. The summed E-state index contributed by atoms with van der Waals surface area (Å²) < 4.78 is 0. The lowest BCUT2D eigenvalue weighted by molar-refractivity contribution is 0.267. The Bertz CT molecular complexity index is 341. The molecule has 0 aliphatic carbocycles. The second kappa shape index (κ2) is 4.04. The number of rotatable bonds is 2. The Morgan fingerprint density at radius 1 is 1.62 bits per heavy atom. The highest BCUT2D eigenvalue weighted by Gasteiger charge is 2.09. The first-order valence-electron chi connectivity index (χ1n) is 4.06. The van der Waals surface area contributed by atoms with E-state index < -0.39 is 6.04 Å². The predicted octanol–water partition coefficient (Wildman–Crippen LogP) is 0.859. The minimum Gasteiger partial charge on any atom is -0.394 e. The zero-order valence-corrected chi connectivity index (χ0v) is 7.49. The van der Waals surface area contributed by atoms with Gasteiger partial charge in [-0.3, -0.25) is 0 Å². The molecule has 0 heterocycles. The van der Waals surface area contributed by atoms with Crippen molar-refractivity contribution in [1.82, 2.24) is 0 Å². The third-order valence-electron chi connectivity index (χ3n) is 2.09. The Morgan fingerprint density at radius 2 is 2.31 bits per heavy atom. The van der Waals surface area contributed by atoms with Crippen LogP contribution in [0.3, 0.4) is 0 Å². The lowest BCUT2D eigenvalue weighted by Gasteiger charge is -2.12. The number of hydrogen-bond acceptors (Lipinski definition) is 3. The van der Waals surface area contributed by atoms with E-state index in [9.17, 15) is 0 Å². The van der Waals surface area contributed by atoms with Gasteiger partial charge in [0.1, 0.15) is 0 Å². The molecule has 0 bridgehead atoms. The van der Waals surface area contributed by atoms with E-state index in [-0.39, 0.29) is 6.61 Å². The summed E-state index contributed by atoms with van der Waals surface area (Å²) in [4.78, 5) is 0. The molecule has 0 aliphatic heterocycles. The van der Waals surface area contributed by atoms with Crippen molar-refractivity contribution in [2.24, 2.45) is 5.73 Å². The fraction of sp³-hybridized carbons (Fsp3) is 0.300. The first-order valence-corrected chi connectivity index (χ1v) is 4.06. The molecular formula is C10H12N2O.